The normalized spacial score (nSPS) is 18.4. The zero-order valence-corrected chi connectivity index (χ0v) is 14.7. The first kappa shape index (κ1) is 16.7. The minimum Gasteiger partial charge on any atom is -0.346 e. The molecule has 7 heteroatoms. The number of aromatic nitrogens is 1. The highest BCUT2D eigenvalue weighted by Gasteiger charge is 2.24. The number of hydrogen-bond acceptors (Lipinski definition) is 6. The number of anilines is 1. The van der Waals surface area contributed by atoms with E-state index in [0.29, 0.717) is 19.0 Å². The van der Waals surface area contributed by atoms with E-state index in [1.54, 1.807) is 11.3 Å². The Labute approximate surface area is 131 Å². The van der Waals surface area contributed by atoms with Crippen LogP contribution in [0.25, 0.3) is 0 Å². The van der Waals surface area contributed by atoms with Crippen LogP contribution in [0.2, 0.25) is 0 Å². The van der Waals surface area contributed by atoms with Gasteiger partial charge < -0.3 is 10.2 Å². The summed E-state index contributed by atoms with van der Waals surface area (Å²) in [5.41, 5.74) is 1.14. The van der Waals surface area contributed by atoms with Crippen molar-refractivity contribution < 1.29 is 8.42 Å². The van der Waals surface area contributed by atoms with E-state index in [9.17, 15) is 8.42 Å². The highest BCUT2D eigenvalue weighted by Crippen LogP contribution is 2.28. The number of aryl methyl sites for hydroxylation is 1. The molecular weight excluding hydrogens is 306 g/mol. The lowest BCUT2D eigenvalue weighted by Crippen LogP contribution is -2.40. The maximum Gasteiger partial charge on any atom is 0.185 e. The summed E-state index contributed by atoms with van der Waals surface area (Å²) >= 11 is 1.70. The fraction of sp³-hybridized carbons (Fsp3) is 0.786. The second-order valence-corrected chi connectivity index (χ2v) is 9.25. The average molecular weight is 332 g/mol. The molecule has 0 amide bonds. The molecule has 1 aliphatic heterocycles. The van der Waals surface area contributed by atoms with Crippen LogP contribution >= 0.6 is 11.3 Å². The molecule has 1 aliphatic rings. The summed E-state index contributed by atoms with van der Waals surface area (Å²) in [4.78, 5) is 8.09. The van der Waals surface area contributed by atoms with Gasteiger partial charge >= 0.3 is 0 Å². The summed E-state index contributed by atoms with van der Waals surface area (Å²) in [7, 11) is -2.83. The van der Waals surface area contributed by atoms with E-state index in [4.69, 9.17) is 4.98 Å². The van der Waals surface area contributed by atoms with E-state index in [-0.39, 0.29) is 11.5 Å². The number of nitrogens with zero attached hydrogens (tertiary/aromatic N) is 2. The molecule has 0 bridgehead atoms. The van der Waals surface area contributed by atoms with Crippen LogP contribution in [0, 0.1) is 5.92 Å². The van der Waals surface area contributed by atoms with Gasteiger partial charge in [-0.1, -0.05) is 20.8 Å². The van der Waals surface area contributed by atoms with E-state index in [2.05, 4.69) is 31.0 Å². The number of hydrogen-bond donors (Lipinski definition) is 1. The number of thiazole rings is 1. The highest BCUT2D eigenvalue weighted by atomic mass is 32.2. The van der Waals surface area contributed by atoms with E-state index in [1.165, 1.54) is 4.88 Å². The monoisotopic (exact) mass is 331 g/mol. The molecule has 5 nitrogen and oxygen atoms in total. The third-order valence-corrected chi connectivity index (χ3v) is 6.32. The molecule has 0 aromatic carbocycles. The third kappa shape index (κ3) is 4.66. The van der Waals surface area contributed by atoms with Gasteiger partial charge in [-0.15, -0.1) is 11.3 Å². The van der Waals surface area contributed by atoms with Gasteiger partial charge in [0.05, 0.1) is 17.2 Å². The first-order chi connectivity index (χ1) is 9.91. The molecule has 2 heterocycles. The zero-order valence-electron chi connectivity index (χ0n) is 13.1. The lowest BCUT2D eigenvalue weighted by molar-refractivity contribution is 0.553. The molecule has 1 aromatic heterocycles. The smallest absolute Gasteiger partial charge is 0.185 e. The van der Waals surface area contributed by atoms with Gasteiger partial charge in [0.25, 0.3) is 0 Å². The van der Waals surface area contributed by atoms with E-state index >= 15 is 0 Å². The Hall–Kier alpha value is -0.660. The minimum absolute atomic E-state index is 0.245. The molecule has 0 aliphatic carbocycles. The highest BCUT2D eigenvalue weighted by molar-refractivity contribution is 7.91. The van der Waals surface area contributed by atoms with Crippen LogP contribution in [0.4, 0.5) is 5.13 Å². The van der Waals surface area contributed by atoms with Crippen molar-refractivity contribution in [2.24, 2.45) is 5.92 Å². The maximum absolute atomic E-state index is 11.5. The summed E-state index contributed by atoms with van der Waals surface area (Å²) in [5, 5.41) is 4.44. The summed E-state index contributed by atoms with van der Waals surface area (Å²) in [6.45, 7) is 9.49. The second kappa shape index (κ2) is 7.07. The Balaban J connectivity index is 2.03. The van der Waals surface area contributed by atoms with Crippen LogP contribution in [0.5, 0.6) is 0 Å². The van der Waals surface area contributed by atoms with Gasteiger partial charge in [0.2, 0.25) is 0 Å². The SMILES string of the molecule is CCc1nc(N2CCS(=O)(=O)CC2)sc1CNCC(C)C. The van der Waals surface area contributed by atoms with Crippen molar-refractivity contribution in [3.63, 3.8) is 0 Å². The molecule has 2 rings (SSSR count). The summed E-state index contributed by atoms with van der Waals surface area (Å²) in [5.74, 6) is 1.12. The lowest BCUT2D eigenvalue weighted by Gasteiger charge is -2.25. The largest absolute Gasteiger partial charge is 0.346 e. The Bertz CT molecular complexity index is 553. The predicted molar refractivity (Wildman–Crippen MR) is 88.9 cm³/mol. The molecule has 0 spiro atoms. The van der Waals surface area contributed by atoms with Crippen LogP contribution in [0.3, 0.4) is 0 Å². The number of rotatable bonds is 6. The van der Waals surface area contributed by atoms with Crippen molar-refractivity contribution in [3.8, 4) is 0 Å². The van der Waals surface area contributed by atoms with Crippen LogP contribution in [-0.2, 0) is 22.8 Å². The van der Waals surface area contributed by atoms with Crippen molar-refractivity contribution in [2.45, 2.75) is 33.7 Å². The molecule has 1 fully saturated rings. The Morgan fingerprint density at radius 3 is 2.57 bits per heavy atom. The molecular formula is C14H25N3O2S2. The van der Waals surface area contributed by atoms with Gasteiger partial charge in [-0.25, -0.2) is 13.4 Å². The topological polar surface area (TPSA) is 62.3 Å². The average Bonchev–Trinajstić information content (AvgIpc) is 2.81. The van der Waals surface area contributed by atoms with Crippen molar-refractivity contribution in [1.82, 2.24) is 10.3 Å². The van der Waals surface area contributed by atoms with Crippen molar-refractivity contribution in [2.75, 3.05) is 36.0 Å². The molecule has 1 saturated heterocycles. The Kier molecular flexibility index (Phi) is 5.62. The Morgan fingerprint density at radius 1 is 1.33 bits per heavy atom. The van der Waals surface area contributed by atoms with Gasteiger partial charge in [-0.05, 0) is 18.9 Å². The summed E-state index contributed by atoms with van der Waals surface area (Å²) < 4.78 is 23.0. The van der Waals surface area contributed by atoms with E-state index in [1.807, 2.05) is 0 Å². The first-order valence-corrected chi connectivity index (χ1v) is 10.2. The summed E-state index contributed by atoms with van der Waals surface area (Å²) in [6, 6.07) is 0. The predicted octanol–water partition coefficient (Wildman–Crippen LogP) is 1.69. The Morgan fingerprint density at radius 2 is 2.00 bits per heavy atom. The fourth-order valence-electron chi connectivity index (χ4n) is 2.30. The van der Waals surface area contributed by atoms with E-state index < -0.39 is 9.84 Å². The minimum atomic E-state index is -2.83. The van der Waals surface area contributed by atoms with Crippen LogP contribution < -0.4 is 10.2 Å². The molecule has 0 atom stereocenters. The zero-order chi connectivity index (χ0) is 15.5. The third-order valence-electron chi connectivity index (χ3n) is 3.55. The molecule has 0 radical (unpaired) electrons. The first-order valence-electron chi connectivity index (χ1n) is 7.56. The quantitative estimate of drug-likeness (QED) is 0.859. The van der Waals surface area contributed by atoms with Gasteiger partial charge in [-0.3, -0.25) is 0 Å². The van der Waals surface area contributed by atoms with Gasteiger partial charge in [0.15, 0.2) is 15.0 Å². The standard InChI is InChI=1S/C14H25N3O2S2/c1-4-12-13(10-15-9-11(2)3)20-14(16-12)17-5-7-21(18,19)8-6-17/h11,15H,4-10H2,1-3H3. The van der Waals surface area contributed by atoms with Gasteiger partial charge in [-0.2, -0.15) is 0 Å². The van der Waals surface area contributed by atoms with E-state index in [0.717, 1.165) is 30.3 Å². The molecule has 0 unspecified atom stereocenters. The maximum atomic E-state index is 11.5. The van der Waals surface area contributed by atoms with Gasteiger partial charge in [0, 0.05) is 24.5 Å². The second-order valence-electron chi connectivity index (χ2n) is 5.88. The molecule has 21 heavy (non-hydrogen) atoms. The van der Waals surface area contributed by atoms with Crippen molar-refractivity contribution >= 4 is 26.3 Å². The van der Waals surface area contributed by atoms with Crippen molar-refractivity contribution in [1.29, 1.82) is 0 Å². The fourth-order valence-corrected chi connectivity index (χ4v) is 4.67. The number of nitrogens with one attached hydrogen (secondary N) is 1. The molecule has 1 aromatic rings. The molecule has 1 N–H and O–H groups in total. The van der Waals surface area contributed by atoms with Crippen LogP contribution in [-0.4, -0.2) is 44.5 Å². The summed E-state index contributed by atoms with van der Waals surface area (Å²) in [6.07, 6.45) is 0.918. The van der Waals surface area contributed by atoms with Crippen molar-refractivity contribution in [3.05, 3.63) is 10.6 Å². The number of sulfone groups is 1. The lowest BCUT2D eigenvalue weighted by atomic mass is 10.2. The van der Waals surface area contributed by atoms with Gasteiger partial charge in [0.1, 0.15) is 0 Å². The molecule has 120 valence electrons. The molecule has 0 saturated carbocycles. The van der Waals surface area contributed by atoms with Crippen LogP contribution in [0.1, 0.15) is 31.3 Å². The van der Waals surface area contributed by atoms with Crippen LogP contribution in [0.15, 0.2) is 0 Å².